The molecule has 0 radical (unpaired) electrons. The zero-order valence-corrected chi connectivity index (χ0v) is 23.9. The van der Waals surface area contributed by atoms with Crippen LogP contribution in [0.4, 0.5) is 5.69 Å². The zero-order valence-electron chi connectivity index (χ0n) is 22.3. The molecule has 3 aromatic rings. The summed E-state index contributed by atoms with van der Waals surface area (Å²) in [5, 5.41) is 4.31. The molecule has 1 saturated heterocycles. The quantitative estimate of drug-likeness (QED) is 0.305. The fourth-order valence-corrected chi connectivity index (χ4v) is 7.94. The number of hydrogen-bond donors (Lipinski definition) is 0. The zero-order chi connectivity index (χ0) is 27.9. The summed E-state index contributed by atoms with van der Waals surface area (Å²) in [5.74, 6) is -0.219. The number of piperazine rings is 1. The Morgan fingerprint density at radius 1 is 0.795 bits per heavy atom. The molecule has 0 saturated carbocycles. The summed E-state index contributed by atoms with van der Waals surface area (Å²) >= 11 is 0. The van der Waals surface area contributed by atoms with Gasteiger partial charge in [0.25, 0.3) is 5.56 Å². The van der Waals surface area contributed by atoms with E-state index < -0.39 is 25.4 Å². The van der Waals surface area contributed by atoms with E-state index in [-0.39, 0.29) is 48.3 Å². The van der Waals surface area contributed by atoms with Crippen LogP contribution in [0.2, 0.25) is 0 Å². The van der Waals surface area contributed by atoms with Gasteiger partial charge in [0.05, 0.1) is 29.1 Å². The van der Waals surface area contributed by atoms with Gasteiger partial charge in [0.2, 0.25) is 10.0 Å². The summed E-state index contributed by atoms with van der Waals surface area (Å²) < 4.78 is 55.8. The molecular formula is C28H36N4O5S2. The second kappa shape index (κ2) is 12.9. The molecular weight excluding hydrogens is 536 g/mol. The highest BCUT2D eigenvalue weighted by Crippen LogP contribution is 2.26. The van der Waals surface area contributed by atoms with Crippen LogP contribution in [0.25, 0.3) is 5.69 Å². The van der Waals surface area contributed by atoms with Gasteiger partial charge >= 0.3 is 0 Å². The van der Waals surface area contributed by atoms with Gasteiger partial charge in [-0.1, -0.05) is 81.1 Å². The predicted octanol–water partition coefficient (Wildman–Crippen LogP) is 3.63. The fourth-order valence-electron chi connectivity index (χ4n) is 4.78. The normalized spacial score (nSPS) is 14.9. The Hall–Kier alpha value is -3.02. The van der Waals surface area contributed by atoms with E-state index in [0.717, 1.165) is 30.4 Å². The maximum Gasteiger partial charge on any atom is 0.292 e. The highest BCUT2D eigenvalue weighted by atomic mass is 32.2. The van der Waals surface area contributed by atoms with Crippen molar-refractivity contribution in [3.63, 3.8) is 0 Å². The van der Waals surface area contributed by atoms with E-state index in [1.54, 1.807) is 53.4 Å². The molecule has 0 aliphatic carbocycles. The molecule has 4 rings (SSSR count). The van der Waals surface area contributed by atoms with E-state index >= 15 is 0 Å². The lowest BCUT2D eigenvalue weighted by atomic mass is 10.2. The summed E-state index contributed by atoms with van der Waals surface area (Å²) in [7, 11) is -7.46. The standard InChI is InChI=1S/C28H36N4O5S2/c1-2-3-4-5-12-21-38(34,35)27-26(22-29-32(28(27)33)25-15-10-7-11-16-25)30-17-19-31(20-18-30)39(36,37)23-24-13-8-6-9-14-24/h6-11,13-16,22H,2-5,12,17-21,23H2,1H3. The van der Waals surface area contributed by atoms with Gasteiger partial charge < -0.3 is 4.90 Å². The van der Waals surface area contributed by atoms with Crippen molar-refractivity contribution in [3.8, 4) is 5.69 Å². The van der Waals surface area contributed by atoms with Gasteiger partial charge in [-0.15, -0.1) is 0 Å². The van der Waals surface area contributed by atoms with E-state index in [2.05, 4.69) is 12.0 Å². The largest absolute Gasteiger partial charge is 0.366 e. The first-order chi connectivity index (χ1) is 18.7. The number of rotatable bonds is 12. The molecule has 1 fully saturated rings. The summed E-state index contributed by atoms with van der Waals surface area (Å²) in [5.41, 5.74) is 0.735. The lowest BCUT2D eigenvalue weighted by Crippen LogP contribution is -2.50. The van der Waals surface area contributed by atoms with Crippen LogP contribution in [0.5, 0.6) is 0 Å². The van der Waals surface area contributed by atoms with Gasteiger partial charge in [-0.2, -0.15) is 14.1 Å². The minimum absolute atomic E-state index is 0.0970. The van der Waals surface area contributed by atoms with Crippen molar-refractivity contribution in [3.05, 3.63) is 82.8 Å². The Morgan fingerprint density at radius 2 is 1.41 bits per heavy atom. The summed E-state index contributed by atoms with van der Waals surface area (Å²) in [6.45, 7) is 2.98. The van der Waals surface area contributed by atoms with Gasteiger partial charge in [0, 0.05) is 26.2 Å². The average Bonchev–Trinajstić information content (AvgIpc) is 2.93. The predicted molar refractivity (Wildman–Crippen MR) is 153 cm³/mol. The fraction of sp³-hybridized carbons (Fsp3) is 0.429. The van der Waals surface area contributed by atoms with Gasteiger partial charge in [-0.25, -0.2) is 16.8 Å². The molecule has 0 atom stereocenters. The van der Waals surface area contributed by atoms with Crippen LogP contribution in [0, 0.1) is 0 Å². The number of aromatic nitrogens is 2. The first-order valence-electron chi connectivity index (χ1n) is 13.4. The third kappa shape index (κ3) is 7.14. The van der Waals surface area contributed by atoms with Crippen LogP contribution in [0.15, 0.2) is 76.6 Å². The maximum atomic E-state index is 13.6. The summed E-state index contributed by atoms with van der Waals surface area (Å²) in [4.78, 5) is 15.1. The summed E-state index contributed by atoms with van der Waals surface area (Å²) in [6, 6.07) is 17.7. The molecule has 210 valence electrons. The lowest BCUT2D eigenvalue weighted by molar-refractivity contribution is 0.383. The van der Waals surface area contributed by atoms with Crippen LogP contribution < -0.4 is 10.5 Å². The number of benzene rings is 2. The third-order valence-corrected chi connectivity index (χ3v) is 10.6. The molecule has 0 bridgehead atoms. The van der Waals surface area contributed by atoms with Crippen molar-refractivity contribution >= 4 is 25.5 Å². The van der Waals surface area contributed by atoms with Crippen LogP contribution in [0.1, 0.15) is 44.6 Å². The molecule has 2 aromatic carbocycles. The van der Waals surface area contributed by atoms with E-state index in [1.165, 1.54) is 10.5 Å². The van der Waals surface area contributed by atoms with Crippen molar-refractivity contribution in [2.45, 2.75) is 49.7 Å². The van der Waals surface area contributed by atoms with E-state index in [4.69, 9.17) is 0 Å². The Bertz CT molecular complexity index is 1500. The second-order valence-corrected chi connectivity index (χ2v) is 13.8. The lowest BCUT2D eigenvalue weighted by Gasteiger charge is -2.35. The number of nitrogens with zero attached hydrogens (tertiary/aromatic N) is 4. The van der Waals surface area contributed by atoms with Crippen molar-refractivity contribution < 1.29 is 16.8 Å². The molecule has 39 heavy (non-hydrogen) atoms. The maximum absolute atomic E-state index is 13.6. The highest BCUT2D eigenvalue weighted by molar-refractivity contribution is 7.91. The molecule has 0 unspecified atom stereocenters. The van der Waals surface area contributed by atoms with Gasteiger partial charge in [-0.3, -0.25) is 4.79 Å². The van der Waals surface area contributed by atoms with Crippen LogP contribution >= 0.6 is 0 Å². The van der Waals surface area contributed by atoms with Crippen molar-refractivity contribution in [1.82, 2.24) is 14.1 Å². The topological polar surface area (TPSA) is 110 Å². The molecule has 0 spiro atoms. The summed E-state index contributed by atoms with van der Waals surface area (Å²) in [6.07, 6.45) is 5.71. The number of sulfone groups is 1. The van der Waals surface area contributed by atoms with Crippen LogP contribution in [-0.2, 0) is 25.6 Å². The van der Waals surface area contributed by atoms with Gasteiger partial charge in [0.15, 0.2) is 14.7 Å². The first-order valence-corrected chi connectivity index (χ1v) is 16.7. The molecule has 1 aromatic heterocycles. The Kier molecular flexibility index (Phi) is 9.58. The molecule has 0 N–H and O–H groups in total. The highest BCUT2D eigenvalue weighted by Gasteiger charge is 2.32. The number of sulfonamides is 1. The minimum atomic E-state index is -3.92. The Balaban J connectivity index is 1.59. The third-order valence-electron chi connectivity index (χ3n) is 6.91. The molecule has 9 nitrogen and oxygen atoms in total. The van der Waals surface area contributed by atoms with Crippen molar-refractivity contribution in [1.29, 1.82) is 0 Å². The monoisotopic (exact) mass is 572 g/mol. The number of para-hydroxylation sites is 1. The Morgan fingerprint density at radius 3 is 2.05 bits per heavy atom. The minimum Gasteiger partial charge on any atom is -0.366 e. The van der Waals surface area contributed by atoms with E-state index in [1.807, 2.05) is 12.1 Å². The smallest absolute Gasteiger partial charge is 0.292 e. The molecule has 1 aliphatic rings. The van der Waals surface area contributed by atoms with Crippen LogP contribution in [-0.4, -0.2) is 62.9 Å². The van der Waals surface area contributed by atoms with Crippen molar-refractivity contribution in [2.24, 2.45) is 0 Å². The Labute approximate surface area is 231 Å². The molecule has 1 aliphatic heterocycles. The van der Waals surface area contributed by atoms with Crippen LogP contribution in [0.3, 0.4) is 0 Å². The second-order valence-electron chi connectivity index (χ2n) is 9.77. The average molecular weight is 573 g/mol. The number of hydrogen-bond acceptors (Lipinski definition) is 7. The first kappa shape index (κ1) is 29.0. The molecule has 2 heterocycles. The van der Waals surface area contributed by atoms with E-state index in [0.29, 0.717) is 17.7 Å². The molecule has 0 amide bonds. The molecule has 11 heteroatoms. The number of anilines is 1. The van der Waals surface area contributed by atoms with E-state index in [9.17, 15) is 21.6 Å². The SMILES string of the molecule is CCCCCCCS(=O)(=O)c1c(N2CCN(S(=O)(=O)Cc3ccccc3)CC2)cnn(-c2ccccc2)c1=O. The van der Waals surface area contributed by atoms with Crippen molar-refractivity contribution in [2.75, 3.05) is 36.8 Å². The number of unbranched alkanes of at least 4 members (excludes halogenated alkanes) is 4. The van der Waals surface area contributed by atoms with Gasteiger partial charge in [-0.05, 0) is 24.1 Å². The van der Waals surface area contributed by atoms with Gasteiger partial charge in [0.1, 0.15) is 0 Å².